The molecule has 8 rings (SSSR count). The monoisotopic (exact) mass is 528 g/mol. The van der Waals surface area contributed by atoms with Crippen LogP contribution in [0.1, 0.15) is 0 Å². The summed E-state index contributed by atoms with van der Waals surface area (Å²) < 4.78 is 15.6. The molecule has 0 radical (unpaired) electrons. The van der Waals surface area contributed by atoms with Gasteiger partial charge in [-0.3, -0.25) is 0 Å². The zero-order valence-corrected chi connectivity index (χ0v) is 22.7. The maximum atomic E-state index is 15.6. The third-order valence-corrected chi connectivity index (χ3v) is 11.4. The number of hydrogen-bond acceptors (Lipinski definition) is 1. The van der Waals surface area contributed by atoms with E-state index in [1.165, 1.54) is 32.3 Å². The average molecular weight is 529 g/mol. The van der Waals surface area contributed by atoms with Crippen molar-refractivity contribution in [1.29, 1.82) is 0 Å². The molecule has 0 saturated heterocycles. The fraction of sp³-hybridized carbons (Fsp3) is 0. The summed E-state index contributed by atoms with van der Waals surface area (Å²) in [7, 11) is -3.19. The largest absolute Gasteiger partial charge is 0.309 e. The molecule has 2 heteroatoms. The lowest BCUT2D eigenvalue weighted by Crippen LogP contribution is -2.25. The standard InChI is InChI=1S/C38H25OP/c39-40(31-14-2-1-3-15-31,36-18-8-10-26-9-4-5-17-34(26)36)32-16-7-13-30(25-32)33-23-21-29-20-19-27-11-6-12-28-22-24-35(33)38(29)37(27)28/h1-25H. The van der Waals surface area contributed by atoms with E-state index >= 15 is 4.57 Å². The van der Waals surface area contributed by atoms with Gasteiger partial charge in [0.1, 0.15) is 0 Å². The molecule has 0 fully saturated rings. The van der Waals surface area contributed by atoms with Gasteiger partial charge in [-0.2, -0.15) is 0 Å². The van der Waals surface area contributed by atoms with Crippen LogP contribution >= 0.6 is 7.14 Å². The van der Waals surface area contributed by atoms with Gasteiger partial charge < -0.3 is 4.57 Å². The summed E-state index contributed by atoms with van der Waals surface area (Å²) >= 11 is 0. The molecule has 0 saturated carbocycles. The van der Waals surface area contributed by atoms with Gasteiger partial charge in [0.2, 0.25) is 0 Å². The summed E-state index contributed by atoms with van der Waals surface area (Å²) in [6.07, 6.45) is 0. The Hall–Kier alpha value is -4.71. The molecule has 0 amide bonds. The molecular formula is C38H25OP. The molecule has 0 aliphatic heterocycles. The predicted octanol–water partition coefficient (Wildman–Crippen LogP) is 9.04. The predicted molar refractivity (Wildman–Crippen MR) is 172 cm³/mol. The molecule has 0 heterocycles. The molecule has 8 aromatic rings. The van der Waals surface area contributed by atoms with Crippen molar-refractivity contribution in [2.45, 2.75) is 0 Å². The van der Waals surface area contributed by atoms with E-state index in [0.717, 1.165) is 37.8 Å². The molecule has 1 nitrogen and oxygen atoms in total. The van der Waals surface area contributed by atoms with Crippen molar-refractivity contribution in [3.8, 4) is 11.1 Å². The Morgan fingerprint density at radius 3 is 1.85 bits per heavy atom. The molecule has 0 N–H and O–H groups in total. The van der Waals surface area contributed by atoms with Crippen LogP contribution < -0.4 is 15.9 Å². The second-order valence-corrected chi connectivity index (χ2v) is 13.2. The maximum Gasteiger partial charge on any atom is 0.171 e. The van der Waals surface area contributed by atoms with Gasteiger partial charge >= 0.3 is 0 Å². The van der Waals surface area contributed by atoms with E-state index in [1.807, 2.05) is 60.7 Å². The summed E-state index contributed by atoms with van der Waals surface area (Å²) in [6, 6.07) is 52.6. The van der Waals surface area contributed by atoms with E-state index in [0.29, 0.717) is 0 Å². The highest BCUT2D eigenvalue weighted by Gasteiger charge is 2.31. The van der Waals surface area contributed by atoms with Crippen LogP contribution in [-0.4, -0.2) is 0 Å². The molecule has 8 aromatic carbocycles. The van der Waals surface area contributed by atoms with Crippen molar-refractivity contribution in [3.05, 3.63) is 152 Å². The van der Waals surface area contributed by atoms with Gasteiger partial charge in [0, 0.05) is 15.9 Å². The van der Waals surface area contributed by atoms with E-state index in [9.17, 15) is 0 Å². The quantitative estimate of drug-likeness (QED) is 0.165. The van der Waals surface area contributed by atoms with Gasteiger partial charge in [-0.1, -0.05) is 146 Å². The zero-order valence-electron chi connectivity index (χ0n) is 21.8. The average Bonchev–Trinajstić information content (AvgIpc) is 3.03. The van der Waals surface area contributed by atoms with E-state index in [1.54, 1.807) is 0 Å². The lowest BCUT2D eigenvalue weighted by molar-refractivity contribution is 0.592. The topological polar surface area (TPSA) is 17.1 Å². The fourth-order valence-corrected chi connectivity index (χ4v) is 9.31. The Kier molecular flexibility index (Phi) is 5.17. The van der Waals surface area contributed by atoms with Crippen LogP contribution in [0.3, 0.4) is 0 Å². The second-order valence-electron chi connectivity index (χ2n) is 10.5. The highest BCUT2D eigenvalue weighted by Crippen LogP contribution is 2.46. The van der Waals surface area contributed by atoms with Crippen LogP contribution in [0, 0.1) is 0 Å². The third kappa shape index (κ3) is 3.38. The van der Waals surface area contributed by atoms with Gasteiger partial charge in [-0.15, -0.1) is 0 Å². The normalized spacial score (nSPS) is 13.3. The summed E-state index contributed by atoms with van der Waals surface area (Å²) in [5, 5.41) is 12.3. The van der Waals surface area contributed by atoms with Crippen LogP contribution in [0.25, 0.3) is 54.2 Å². The summed E-state index contributed by atoms with van der Waals surface area (Å²) in [5.41, 5.74) is 2.23. The lowest BCUT2D eigenvalue weighted by atomic mass is 9.90. The first-order valence-electron chi connectivity index (χ1n) is 13.6. The minimum Gasteiger partial charge on any atom is -0.309 e. The van der Waals surface area contributed by atoms with E-state index < -0.39 is 7.14 Å². The molecule has 0 aliphatic carbocycles. The minimum atomic E-state index is -3.19. The third-order valence-electron chi connectivity index (χ3n) is 8.28. The Morgan fingerprint density at radius 2 is 1.00 bits per heavy atom. The highest BCUT2D eigenvalue weighted by molar-refractivity contribution is 7.85. The summed E-state index contributed by atoms with van der Waals surface area (Å²) in [5.74, 6) is 0. The zero-order chi connectivity index (χ0) is 26.7. The molecule has 1 unspecified atom stereocenters. The molecule has 40 heavy (non-hydrogen) atoms. The van der Waals surface area contributed by atoms with E-state index in [4.69, 9.17) is 0 Å². The first-order chi connectivity index (χ1) is 19.7. The number of fused-ring (bicyclic) bond motifs is 1. The first kappa shape index (κ1) is 23.2. The molecule has 0 aromatic heterocycles. The Bertz CT molecular complexity index is 2230. The van der Waals surface area contributed by atoms with Crippen LogP contribution in [0.4, 0.5) is 0 Å². The van der Waals surface area contributed by atoms with Gasteiger partial charge in [0.25, 0.3) is 0 Å². The summed E-state index contributed by atoms with van der Waals surface area (Å²) in [4.78, 5) is 0. The fourth-order valence-electron chi connectivity index (χ4n) is 6.40. The van der Waals surface area contributed by atoms with Crippen molar-refractivity contribution < 1.29 is 4.57 Å². The Morgan fingerprint density at radius 1 is 0.400 bits per heavy atom. The maximum absolute atomic E-state index is 15.6. The first-order valence-corrected chi connectivity index (χ1v) is 15.3. The van der Waals surface area contributed by atoms with E-state index in [2.05, 4.69) is 91.0 Å². The Balaban J connectivity index is 1.40. The van der Waals surface area contributed by atoms with Crippen LogP contribution in [-0.2, 0) is 4.57 Å². The van der Waals surface area contributed by atoms with Gasteiger partial charge in [-0.25, -0.2) is 0 Å². The Labute approximate surface area is 233 Å². The molecule has 188 valence electrons. The van der Waals surface area contributed by atoms with Crippen molar-refractivity contribution in [1.82, 2.24) is 0 Å². The van der Waals surface area contributed by atoms with Gasteiger partial charge in [0.05, 0.1) is 0 Å². The van der Waals surface area contributed by atoms with Crippen molar-refractivity contribution in [2.24, 2.45) is 0 Å². The molecule has 0 aliphatic rings. The molecule has 0 bridgehead atoms. The van der Waals surface area contributed by atoms with Gasteiger partial charge in [-0.05, 0) is 60.3 Å². The molecule has 1 atom stereocenters. The number of benzene rings is 8. The van der Waals surface area contributed by atoms with Crippen molar-refractivity contribution >= 4 is 66.1 Å². The highest BCUT2D eigenvalue weighted by atomic mass is 31.2. The SMILES string of the molecule is O=P(c1ccccc1)(c1cccc(-c2ccc3ccc4cccc5ccc2c3c45)c1)c1cccc2ccccc12. The van der Waals surface area contributed by atoms with Crippen molar-refractivity contribution in [2.75, 3.05) is 0 Å². The van der Waals surface area contributed by atoms with Crippen LogP contribution in [0.5, 0.6) is 0 Å². The van der Waals surface area contributed by atoms with Crippen LogP contribution in [0.2, 0.25) is 0 Å². The summed E-state index contributed by atoms with van der Waals surface area (Å²) in [6.45, 7) is 0. The molecule has 0 spiro atoms. The lowest BCUT2D eigenvalue weighted by Gasteiger charge is -2.22. The van der Waals surface area contributed by atoms with E-state index in [-0.39, 0.29) is 0 Å². The smallest absolute Gasteiger partial charge is 0.171 e. The van der Waals surface area contributed by atoms with Crippen molar-refractivity contribution in [3.63, 3.8) is 0 Å². The van der Waals surface area contributed by atoms with Crippen LogP contribution in [0.15, 0.2) is 152 Å². The number of rotatable bonds is 4. The van der Waals surface area contributed by atoms with Gasteiger partial charge in [0.15, 0.2) is 7.14 Å². The molecular weight excluding hydrogens is 503 g/mol. The minimum absolute atomic E-state index is 0.846. The number of hydrogen-bond donors (Lipinski definition) is 0. The second kappa shape index (κ2) is 8.91.